The van der Waals surface area contributed by atoms with Gasteiger partial charge in [0.25, 0.3) is 5.91 Å². The minimum Gasteiger partial charge on any atom is -0.370 e. The lowest BCUT2D eigenvalue weighted by atomic mass is 10.0. The monoisotopic (exact) mass is 317 g/mol. The lowest BCUT2D eigenvalue weighted by Gasteiger charge is -2.01. The van der Waals surface area contributed by atoms with E-state index in [2.05, 4.69) is 15.3 Å². The summed E-state index contributed by atoms with van der Waals surface area (Å²) in [6.45, 7) is 0. The number of nitrogens with zero attached hydrogens (tertiary/aromatic N) is 1. The average molecular weight is 317 g/mol. The number of aromatic amines is 1. The zero-order valence-electron chi connectivity index (χ0n) is 12.7. The zero-order valence-corrected chi connectivity index (χ0v) is 12.7. The predicted octanol–water partition coefficient (Wildman–Crippen LogP) is 2.57. The van der Waals surface area contributed by atoms with E-state index in [1.165, 1.54) is 0 Å². The van der Waals surface area contributed by atoms with Crippen LogP contribution in [-0.4, -0.2) is 16.9 Å². The van der Waals surface area contributed by atoms with E-state index in [1.54, 1.807) is 18.2 Å². The number of fused-ring (bicyclic) bond motifs is 2. The minimum atomic E-state index is -0.142. The fraction of sp³-hybridized carbons (Fsp3) is 0. The van der Waals surface area contributed by atoms with Crippen molar-refractivity contribution < 1.29 is 4.79 Å². The van der Waals surface area contributed by atoms with Crippen LogP contribution in [-0.2, 0) is 4.79 Å². The van der Waals surface area contributed by atoms with Crippen LogP contribution in [0.25, 0.3) is 22.6 Å². The van der Waals surface area contributed by atoms with Gasteiger partial charge in [-0.1, -0.05) is 18.2 Å². The number of anilines is 1. The number of carbonyl (C=O) groups excluding carboxylic acids is 1. The van der Waals surface area contributed by atoms with Crippen LogP contribution in [0.15, 0.2) is 53.7 Å². The summed E-state index contributed by atoms with van der Waals surface area (Å²) in [5, 5.41) is 3.92. The summed E-state index contributed by atoms with van der Waals surface area (Å²) in [6.07, 6.45) is 3.77. The Balaban J connectivity index is 1.85. The highest BCUT2D eigenvalue weighted by Crippen LogP contribution is 2.36. The molecule has 0 saturated carbocycles. The lowest BCUT2D eigenvalue weighted by Crippen LogP contribution is -2.21. The van der Waals surface area contributed by atoms with E-state index in [1.807, 2.05) is 36.5 Å². The number of carbonyl (C=O) groups is 1. The average Bonchev–Trinajstić information content (AvgIpc) is 3.09. The number of rotatable bonds is 2. The number of guanidine groups is 1. The molecule has 0 saturated heterocycles. The van der Waals surface area contributed by atoms with Crippen LogP contribution in [0.4, 0.5) is 11.4 Å². The Hall–Kier alpha value is -3.54. The number of benzene rings is 2. The van der Waals surface area contributed by atoms with E-state index in [0.717, 1.165) is 27.7 Å². The minimum absolute atomic E-state index is 0.0191. The molecule has 0 atom stereocenters. The van der Waals surface area contributed by atoms with Crippen LogP contribution in [0.2, 0.25) is 0 Å². The second kappa shape index (κ2) is 5.27. The van der Waals surface area contributed by atoms with Crippen molar-refractivity contribution in [3.63, 3.8) is 0 Å². The normalized spacial score (nSPS) is 14.7. The van der Waals surface area contributed by atoms with Crippen LogP contribution in [0, 0.1) is 0 Å². The van der Waals surface area contributed by atoms with Gasteiger partial charge in [-0.3, -0.25) is 4.79 Å². The summed E-state index contributed by atoms with van der Waals surface area (Å²) in [5.74, 6) is -0.161. The molecule has 6 nitrogen and oxygen atoms in total. The molecule has 24 heavy (non-hydrogen) atoms. The van der Waals surface area contributed by atoms with Crippen molar-refractivity contribution >= 4 is 45.8 Å². The fourth-order valence-electron chi connectivity index (χ4n) is 2.91. The van der Waals surface area contributed by atoms with Gasteiger partial charge >= 0.3 is 0 Å². The Morgan fingerprint density at radius 2 is 1.96 bits per heavy atom. The van der Waals surface area contributed by atoms with Gasteiger partial charge in [0.05, 0.1) is 5.69 Å². The molecule has 1 aromatic heterocycles. The Morgan fingerprint density at radius 3 is 2.79 bits per heavy atom. The molecule has 0 aliphatic carbocycles. The van der Waals surface area contributed by atoms with Gasteiger partial charge in [0.1, 0.15) is 0 Å². The third-order valence-corrected chi connectivity index (χ3v) is 3.97. The SMILES string of the molecule is NC(N)=Nc1ccc2c(c1)/C(=C\c1c[nH]c3ccccc13)C(=O)N2. The summed E-state index contributed by atoms with van der Waals surface area (Å²) in [6, 6.07) is 13.3. The zero-order chi connectivity index (χ0) is 16.7. The lowest BCUT2D eigenvalue weighted by molar-refractivity contribution is -0.110. The van der Waals surface area contributed by atoms with Crippen molar-refractivity contribution in [1.29, 1.82) is 0 Å². The molecule has 3 aromatic rings. The van der Waals surface area contributed by atoms with Crippen LogP contribution >= 0.6 is 0 Å². The molecule has 2 aromatic carbocycles. The maximum absolute atomic E-state index is 12.4. The topological polar surface area (TPSA) is 109 Å². The molecular formula is C18H15N5O. The van der Waals surface area contributed by atoms with Gasteiger partial charge in [-0.15, -0.1) is 0 Å². The second-order valence-corrected chi connectivity index (χ2v) is 5.57. The number of hydrogen-bond donors (Lipinski definition) is 4. The number of para-hydroxylation sites is 1. The summed E-state index contributed by atoms with van der Waals surface area (Å²) in [5.41, 5.74) is 15.6. The van der Waals surface area contributed by atoms with Crippen LogP contribution in [0.3, 0.4) is 0 Å². The summed E-state index contributed by atoms with van der Waals surface area (Å²) in [7, 11) is 0. The van der Waals surface area contributed by atoms with Crippen molar-refractivity contribution in [3.8, 4) is 0 Å². The Labute approximate surface area is 137 Å². The number of aromatic nitrogens is 1. The largest absolute Gasteiger partial charge is 0.370 e. The van der Waals surface area contributed by atoms with Gasteiger partial charge in [0.15, 0.2) is 5.96 Å². The van der Waals surface area contributed by atoms with E-state index >= 15 is 0 Å². The smallest absolute Gasteiger partial charge is 0.256 e. The van der Waals surface area contributed by atoms with Crippen LogP contribution < -0.4 is 16.8 Å². The van der Waals surface area contributed by atoms with Crippen LogP contribution in [0.1, 0.15) is 11.1 Å². The van der Waals surface area contributed by atoms with E-state index < -0.39 is 0 Å². The van der Waals surface area contributed by atoms with Crippen molar-refractivity contribution in [1.82, 2.24) is 4.98 Å². The Bertz CT molecular complexity index is 1020. The van der Waals surface area contributed by atoms with E-state index in [0.29, 0.717) is 11.3 Å². The molecule has 0 unspecified atom stereocenters. The highest BCUT2D eigenvalue weighted by atomic mass is 16.2. The second-order valence-electron chi connectivity index (χ2n) is 5.57. The molecule has 1 aliphatic heterocycles. The molecule has 4 rings (SSSR count). The molecule has 6 heteroatoms. The number of nitrogens with two attached hydrogens (primary N) is 2. The van der Waals surface area contributed by atoms with Gasteiger partial charge in [0.2, 0.25) is 0 Å². The van der Waals surface area contributed by atoms with E-state index in [-0.39, 0.29) is 11.9 Å². The molecule has 0 bridgehead atoms. The maximum atomic E-state index is 12.4. The maximum Gasteiger partial charge on any atom is 0.256 e. The molecule has 0 fully saturated rings. The molecule has 1 amide bonds. The Morgan fingerprint density at radius 1 is 1.12 bits per heavy atom. The quantitative estimate of drug-likeness (QED) is 0.331. The first-order valence-electron chi connectivity index (χ1n) is 7.45. The molecule has 0 radical (unpaired) electrons. The number of H-pyrrole nitrogens is 1. The van der Waals surface area contributed by atoms with Gasteiger partial charge < -0.3 is 21.8 Å². The summed E-state index contributed by atoms with van der Waals surface area (Å²) >= 11 is 0. The number of amides is 1. The number of hydrogen-bond acceptors (Lipinski definition) is 2. The molecule has 0 spiro atoms. The van der Waals surface area contributed by atoms with Gasteiger partial charge in [-0.25, -0.2) is 4.99 Å². The molecule has 6 N–H and O–H groups in total. The van der Waals surface area contributed by atoms with Crippen LogP contribution in [0.5, 0.6) is 0 Å². The third-order valence-electron chi connectivity index (χ3n) is 3.97. The predicted molar refractivity (Wildman–Crippen MR) is 96.7 cm³/mol. The van der Waals surface area contributed by atoms with E-state index in [4.69, 9.17) is 11.5 Å². The highest BCUT2D eigenvalue weighted by Gasteiger charge is 2.24. The number of nitrogens with one attached hydrogen (secondary N) is 2. The van der Waals surface area contributed by atoms with E-state index in [9.17, 15) is 4.79 Å². The Kier molecular flexibility index (Phi) is 3.09. The van der Waals surface area contributed by atoms with Crippen molar-refractivity contribution in [2.24, 2.45) is 16.5 Å². The first-order chi connectivity index (χ1) is 11.6. The molecular weight excluding hydrogens is 302 g/mol. The molecule has 118 valence electrons. The first-order valence-corrected chi connectivity index (χ1v) is 7.45. The third kappa shape index (κ3) is 2.30. The summed E-state index contributed by atoms with van der Waals surface area (Å²) < 4.78 is 0. The van der Waals surface area contributed by atoms with Crippen molar-refractivity contribution in [2.75, 3.05) is 5.32 Å². The van der Waals surface area contributed by atoms with Gasteiger partial charge in [-0.2, -0.15) is 0 Å². The first kappa shape index (κ1) is 14.1. The molecule has 2 heterocycles. The fourth-order valence-corrected chi connectivity index (χ4v) is 2.91. The number of aliphatic imine (C=N–C) groups is 1. The molecule has 1 aliphatic rings. The van der Waals surface area contributed by atoms with Gasteiger partial charge in [0, 0.05) is 39.5 Å². The van der Waals surface area contributed by atoms with Gasteiger partial charge in [-0.05, 0) is 30.3 Å². The standard InChI is InChI=1S/C18H15N5O/c19-18(20)22-11-5-6-16-13(8-11)14(17(24)23-16)7-10-9-21-15-4-2-1-3-12(10)15/h1-9,21H,(H,23,24)(H4,19,20,22)/b14-7+. The highest BCUT2D eigenvalue weighted by molar-refractivity contribution is 6.35. The van der Waals surface area contributed by atoms with Crippen molar-refractivity contribution in [3.05, 3.63) is 59.8 Å². The van der Waals surface area contributed by atoms with Crippen molar-refractivity contribution in [2.45, 2.75) is 0 Å². The summed E-state index contributed by atoms with van der Waals surface area (Å²) in [4.78, 5) is 19.6.